The number of aliphatic hydroxyl groups excluding tert-OH is 1. The van der Waals surface area contributed by atoms with Crippen LogP contribution in [0.5, 0.6) is 5.75 Å². The highest BCUT2D eigenvalue weighted by atomic mass is 16.4. The number of urea groups is 1. The van der Waals surface area contributed by atoms with E-state index in [0.29, 0.717) is 74.9 Å². The van der Waals surface area contributed by atoms with Gasteiger partial charge in [-0.3, -0.25) is 19.3 Å². The number of piperazine rings is 1. The monoisotopic (exact) mass is 1050 g/mol. The van der Waals surface area contributed by atoms with Crippen LogP contribution in [0.15, 0.2) is 67.0 Å². The van der Waals surface area contributed by atoms with Gasteiger partial charge < -0.3 is 55.9 Å². The van der Waals surface area contributed by atoms with Crippen molar-refractivity contribution in [1.82, 2.24) is 60.7 Å². The molecule has 5 aromatic rings. The molecule has 2 aromatic carbocycles. The Kier molecular flexibility index (Phi) is 15.8. The number of anilines is 1. The quantitative estimate of drug-likeness (QED) is 0.0777. The van der Waals surface area contributed by atoms with Gasteiger partial charge in [-0.05, 0) is 111 Å². The van der Waals surface area contributed by atoms with Gasteiger partial charge in [0.05, 0.1) is 17.8 Å². The van der Waals surface area contributed by atoms with Crippen molar-refractivity contribution in [3.8, 4) is 29.4 Å². The number of rotatable bonds is 14. The molecule has 20 nitrogen and oxygen atoms in total. The lowest BCUT2D eigenvalue weighted by molar-refractivity contribution is -0.142. The lowest BCUT2D eigenvalue weighted by Crippen LogP contribution is -2.61. The zero-order valence-corrected chi connectivity index (χ0v) is 44.2. The molecule has 406 valence electrons. The third-order valence-corrected chi connectivity index (χ3v) is 16.9. The fourth-order valence-corrected chi connectivity index (χ4v) is 12.2. The molecule has 5 atom stereocenters. The molecule has 8 heterocycles. The van der Waals surface area contributed by atoms with Crippen LogP contribution < -0.4 is 20.9 Å². The molecule has 10 rings (SSSR count). The lowest BCUT2D eigenvalue weighted by atomic mass is 9.80. The molecule has 0 aliphatic carbocycles. The number of likely N-dealkylation sites (tertiary alicyclic amines) is 3. The predicted molar refractivity (Wildman–Crippen MR) is 290 cm³/mol. The first-order valence-electron chi connectivity index (χ1n) is 27.2. The Morgan fingerprint density at radius 2 is 1.68 bits per heavy atom. The fourth-order valence-electron chi connectivity index (χ4n) is 12.2. The molecular formula is C57H71N13O7. The maximum Gasteiger partial charge on any atom is 0.322 e. The number of fused-ring (bicyclic) bond motifs is 3. The van der Waals surface area contributed by atoms with Gasteiger partial charge in [0.1, 0.15) is 23.9 Å². The number of H-pyrrole nitrogens is 1. The number of nitrogens with one attached hydrogen (secondary N) is 4. The Morgan fingerprint density at radius 1 is 0.935 bits per heavy atom. The van der Waals surface area contributed by atoms with Crippen LogP contribution in [-0.2, 0) is 27.3 Å². The number of phenols is 1. The number of hydrogen-bond donors (Lipinski definition) is 7. The number of carboxylic acids is 1. The second-order valence-electron chi connectivity index (χ2n) is 22.2. The first-order valence-corrected chi connectivity index (χ1v) is 27.2. The van der Waals surface area contributed by atoms with Gasteiger partial charge >= 0.3 is 12.0 Å². The molecule has 0 spiro atoms. The van der Waals surface area contributed by atoms with Crippen LogP contribution in [0.4, 0.5) is 10.7 Å². The van der Waals surface area contributed by atoms with Crippen LogP contribution >= 0.6 is 0 Å². The number of carbonyl (C=O) groups is 4. The van der Waals surface area contributed by atoms with E-state index in [1.807, 2.05) is 56.6 Å². The average molecular weight is 1050 g/mol. The Morgan fingerprint density at radius 3 is 2.39 bits per heavy atom. The normalized spacial score (nSPS) is 22.4. The van der Waals surface area contributed by atoms with Crippen LogP contribution in [0.3, 0.4) is 0 Å². The minimum atomic E-state index is -1.04. The summed E-state index contributed by atoms with van der Waals surface area (Å²) in [6, 6.07) is 13.6. The molecule has 4 amide bonds. The summed E-state index contributed by atoms with van der Waals surface area (Å²) >= 11 is 0. The zero-order valence-electron chi connectivity index (χ0n) is 44.2. The number of aliphatic hydroxyl groups is 1. The number of terminal acetylenes is 1. The summed E-state index contributed by atoms with van der Waals surface area (Å²) in [6.07, 6.45) is 13.4. The number of aliphatic carboxylic acids is 1. The summed E-state index contributed by atoms with van der Waals surface area (Å²) in [6.45, 7) is 11.7. The highest BCUT2D eigenvalue weighted by Crippen LogP contribution is 2.39. The third-order valence-electron chi connectivity index (χ3n) is 16.9. The van der Waals surface area contributed by atoms with Crippen LogP contribution in [0.25, 0.3) is 22.3 Å². The van der Waals surface area contributed by atoms with Gasteiger partial charge in [-0.2, -0.15) is 0 Å². The van der Waals surface area contributed by atoms with Crippen molar-refractivity contribution in [2.45, 2.75) is 114 Å². The van der Waals surface area contributed by atoms with E-state index in [2.05, 4.69) is 58.7 Å². The van der Waals surface area contributed by atoms with Crippen LogP contribution in [-0.4, -0.2) is 180 Å². The van der Waals surface area contributed by atoms with Gasteiger partial charge in [-0.15, -0.1) is 16.6 Å². The van der Waals surface area contributed by atoms with Gasteiger partial charge in [0, 0.05) is 111 Å². The molecule has 7 N–H and O–H groups in total. The first kappa shape index (κ1) is 53.2. The number of aromatic hydroxyl groups is 1. The summed E-state index contributed by atoms with van der Waals surface area (Å²) in [5, 5.41) is 50.1. The summed E-state index contributed by atoms with van der Waals surface area (Å²) in [7, 11) is 0. The first-order chi connectivity index (χ1) is 37.1. The number of aromatic nitrogens is 5. The molecule has 5 aliphatic rings. The number of hydrogen-bond acceptors (Lipinski definition) is 14. The fraction of sp³-hybridized carbons (Fsp3) is 0.509. The van der Waals surface area contributed by atoms with E-state index in [1.54, 1.807) is 29.2 Å². The molecule has 4 saturated heterocycles. The molecule has 5 aliphatic heterocycles. The number of benzene rings is 2. The minimum absolute atomic E-state index is 0.0195. The Balaban J connectivity index is 0.746. The predicted octanol–water partition coefficient (Wildman–Crippen LogP) is 4.00. The molecule has 3 aromatic heterocycles. The summed E-state index contributed by atoms with van der Waals surface area (Å²) in [4.78, 5) is 78.2. The van der Waals surface area contributed by atoms with E-state index in [0.717, 1.165) is 90.7 Å². The summed E-state index contributed by atoms with van der Waals surface area (Å²) in [5.41, 5.74) is 6.08. The van der Waals surface area contributed by atoms with E-state index < -0.39 is 47.4 Å². The van der Waals surface area contributed by atoms with E-state index >= 15 is 0 Å². The maximum atomic E-state index is 14.9. The Hall–Kier alpha value is -7.18. The van der Waals surface area contributed by atoms with Crippen molar-refractivity contribution in [1.29, 1.82) is 0 Å². The number of β-amino-alcohol motifs (C(OH)–C–C–N with tert-alkyl or cyclic N) is 1. The highest BCUT2D eigenvalue weighted by Gasteiger charge is 2.47. The van der Waals surface area contributed by atoms with Crippen LogP contribution in [0.2, 0.25) is 0 Å². The van der Waals surface area contributed by atoms with Gasteiger partial charge in [0.25, 0.3) is 0 Å². The molecule has 20 heteroatoms. The number of carbonyl (C=O) groups excluding carboxylic acids is 3. The number of phenolic OH excluding ortho intramolecular Hbond substituents is 1. The number of carboxylic acid groups (broad SMARTS) is 1. The van der Waals surface area contributed by atoms with E-state index in [4.69, 9.17) is 16.4 Å². The second-order valence-corrected chi connectivity index (χ2v) is 22.2. The van der Waals surface area contributed by atoms with Gasteiger partial charge in [-0.1, -0.05) is 44.0 Å². The molecule has 0 bridgehead atoms. The van der Waals surface area contributed by atoms with Crippen molar-refractivity contribution in [2.75, 3.05) is 70.3 Å². The van der Waals surface area contributed by atoms with Crippen molar-refractivity contribution in [2.24, 2.45) is 5.41 Å². The van der Waals surface area contributed by atoms with Gasteiger partial charge in [0.2, 0.25) is 17.8 Å². The number of para-hydroxylation sites is 1. The van der Waals surface area contributed by atoms with Crippen molar-refractivity contribution in [3.05, 3.63) is 94.9 Å². The SMILES string of the molecule is C#Cc1ccc(CNC(=O)[C@@H]2C[C@@H](O)CN2C(=O)[C@H](NC(=O)N2CCC(N3CCC(c4cnc(N5CCc6[nH]c7nnc(-c8ccccc8O)cc7c6[C@H]5C)nc4)CC3)CC2)C(C)(C)CCN2CCN[C@@H](C(=O)O)C2)cc1. The lowest BCUT2D eigenvalue weighted by Gasteiger charge is -2.43. The molecule has 0 radical (unpaired) electrons. The van der Waals surface area contributed by atoms with Crippen LogP contribution in [0.1, 0.15) is 99.2 Å². The average Bonchev–Trinajstić information content (AvgIpc) is 4.04. The second kappa shape index (κ2) is 22.8. The van der Waals surface area contributed by atoms with E-state index in [1.165, 1.54) is 4.90 Å². The van der Waals surface area contributed by atoms with Crippen LogP contribution in [0, 0.1) is 17.8 Å². The Labute approximate surface area is 449 Å². The highest BCUT2D eigenvalue weighted by molar-refractivity contribution is 5.93. The summed E-state index contributed by atoms with van der Waals surface area (Å²) < 4.78 is 0. The smallest absolute Gasteiger partial charge is 0.322 e. The number of nitrogens with zero attached hydrogens (tertiary/aromatic N) is 9. The minimum Gasteiger partial charge on any atom is -0.507 e. The van der Waals surface area contributed by atoms with Crippen molar-refractivity contribution < 1.29 is 34.5 Å². The standard InChI is InChI=1S/C57H71N13O7/c1-5-36-10-12-37(13-11-36)30-59-52(73)47-28-41(71)33-70(47)53(74)50(57(3,4)19-26-66-27-20-58-46(34-66)54(75)76)63-56(77)68-23-16-40(17-24-68)67-21-14-38(15-22-67)39-31-60-55(61-32-39)69-25-18-44-49(35(69)2)43-29-45(64-65-51(43)62-44)42-8-6-7-9-48(42)72/h1,6-13,29,31-32,35,38,40-41,46-47,50,58,71-72H,14-28,30,33-34H2,2-4H3,(H,59,73)(H,62,65)(H,63,77)(H,75,76)/t35-,41-,46-,47+,50+/m1/s1. The molecular weight excluding hydrogens is 979 g/mol. The molecule has 77 heavy (non-hydrogen) atoms. The molecule has 0 saturated carbocycles. The largest absolute Gasteiger partial charge is 0.507 e. The number of amides is 4. The van der Waals surface area contributed by atoms with E-state index in [-0.39, 0.29) is 37.3 Å². The zero-order chi connectivity index (χ0) is 54.0. The molecule has 0 unspecified atom stereocenters. The number of piperidine rings is 2. The van der Waals surface area contributed by atoms with Crippen molar-refractivity contribution >= 4 is 40.8 Å². The summed E-state index contributed by atoms with van der Waals surface area (Å²) in [5.74, 6) is 1.99. The molecule has 4 fully saturated rings. The van der Waals surface area contributed by atoms with Gasteiger partial charge in [-0.25, -0.2) is 14.8 Å². The maximum absolute atomic E-state index is 14.9. The third kappa shape index (κ3) is 11.6. The topological polar surface area (TPSA) is 249 Å². The van der Waals surface area contributed by atoms with E-state index in [9.17, 15) is 34.5 Å². The Bertz CT molecular complexity index is 2980. The van der Waals surface area contributed by atoms with Gasteiger partial charge in [0.15, 0.2) is 5.65 Å². The number of aromatic amines is 1. The van der Waals surface area contributed by atoms with Crippen molar-refractivity contribution in [3.63, 3.8) is 0 Å².